The Kier molecular flexibility index (Phi) is 6.12. The van der Waals surface area contributed by atoms with E-state index >= 15 is 0 Å². The third-order valence-corrected chi connectivity index (χ3v) is 6.76. The molecule has 2 aromatic heterocycles. The summed E-state index contributed by atoms with van der Waals surface area (Å²) in [6, 6.07) is 1.35. The fourth-order valence-electron chi connectivity index (χ4n) is 4.94. The standard InChI is InChI=1S/C23H31FN6O2/c1-28-7-3-16(4-8-28)14-29-15-18(13-26-29)30-21-6-10-32-9-5-19(21)22(27-30)17-11-20(24)23(31-2)25-12-17/h11-13,15-16,22,27H,3-10,14H2,1-2H3. The minimum atomic E-state index is -0.455. The van der Waals surface area contributed by atoms with Crippen LogP contribution in [0.1, 0.15) is 37.3 Å². The first-order chi connectivity index (χ1) is 15.6. The maximum absolute atomic E-state index is 14.4. The van der Waals surface area contributed by atoms with Crippen LogP contribution in [0.4, 0.5) is 10.1 Å². The van der Waals surface area contributed by atoms with Crippen molar-refractivity contribution in [1.82, 2.24) is 25.1 Å². The Morgan fingerprint density at radius 3 is 2.81 bits per heavy atom. The summed E-state index contributed by atoms with van der Waals surface area (Å²) in [7, 11) is 3.61. The van der Waals surface area contributed by atoms with Crippen molar-refractivity contribution in [2.24, 2.45) is 5.92 Å². The zero-order valence-corrected chi connectivity index (χ0v) is 18.8. The molecule has 0 amide bonds. The van der Waals surface area contributed by atoms with Crippen LogP contribution in [0.25, 0.3) is 0 Å². The van der Waals surface area contributed by atoms with Crippen molar-refractivity contribution in [3.63, 3.8) is 0 Å². The monoisotopic (exact) mass is 442 g/mol. The summed E-state index contributed by atoms with van der Waals surface area (Å²) >= 11 is 0. The molecule has 5 rings (SSSR count). The Balaban J connectivity index is 1.38. The average molecular weight is 443 g/mol. The lowest BCUT2D eigenvalue weighted by molar-refractivity contribution is 0.144. The zero-order valence-electron chi connectivity index (χ0n) is 18.8. The largest absolute Gasteiger partial charge is 0.479 e. The number of likely N-dealkylation sites (tertiary alicyclic amines) is 1. The molecule has 3 aliphatic heterocycles. The third-order valence-electron chi connectivity index (χ3n) is 6.76. The molecule has 0 bridgehead atoms. The van der Waals surface area contributed by atoms with Gasteiger partial charge in [0.2, 0.25) is 5.88 Å². The number of aromatic nitrogens is 3. The lowest BCUT2D eigenvalue weighted by atomic mass is 9.97. The van der Waals surface area contributed by atoms with Crippen LogP contribution in [0, 0.1) is 11.7 Å². The Morgan fingerprint density at radius 1 is 1.22 bits per heavy atom. The van der Waals surface area contributed by atoms with Crippen LogP contribution >= 0.6 is 0 Å². The van der Waals surface area contributed by atoms with E-state index in [1.54, 1.807) is 6.20 Å². The maximum Gasteiger partial charge on any atom is 0.250 e. The van der Waals surface area contributed by atoms with Gasteiger partial charge < -0.3 is 14.4 Å². The Morgan fingerprint density at radius 2 is 2.03 bits per heavy atom. The molecule has 32 heavy (non-hydrogen) atoms. The SMILES string of the molecule is COc1ncc(C2NN(c3cnn(CC4CCN(C)CC4)c3)C3=C2CCOCC3)cc1F. The van der Waals surface area contributed by atoms with E-state index in [0.29, 0.717) is 19.1 Å². The zero-order chi connectivity index (χ0) is 22.1. The van der Waals surface area contributed by atoms with E-state index in [4.69, 9.17) is 9.47 Å². The first kappa shape index (κ1) is 21.4. The quantitative estimate of drug-likeness (QED) is 0.764. The first-order valence-corrected chi connectivity index (χ1v) is 11.4. The molecule has 0 aromatic carbocycles. The summed E-state index contributed by atoms with van der Waals surface area (Å²) in [6.07, 6.45) is 9.70. The highest BCUT2D eigenvalue weighted by molar-refractivity contribution is 5.54. The van der Waals surface area contributed by atoms with Gasteiger partial charge in [-0.25, -0.2) is 14.8 Å². The molecular formula is C23H31FN6O2. The van der Waals surface area contributed by atoms with Gasteiger partial charge in [-0.2, -0.15) is 5.10 Å². The third kappa shape index (κ3) is 4.24. The normalized spacial score (nSPS) is 22.8. The number of pyridine rings is 1. The van der Waals surface area contributed by atoms with E-state index in [1.165, 1.54) is 37.3 Å². The van der Waals surface area contributed by atoms with Crippen molar-refractivity contribution in [2.75, 3.05) is 45.5 Å². The molecule has 1 saturated heterocycles. The fraction of sp³-hybridized carbons (Fsp3) is 0.565. The molecule has 8 nitrogen and oxygen atoms in total. The van der Waals surface area contributed by atoms with Crippen molar-refractivity contribution in [2.45, 2.75) is 38.3 Å². The van der Waals surface area contributed by atoms with Crippen LogP contribution in [-0.4, -0.2) is 60.1 Å². The van der Waals surface area contributed by atoms with Gasteiger partial charge in [-0.15, -0.1) is 0 Å². The van der Waals surface area contributed by atoms with Crippen molar-refractivity contribution in [3.8, 4) is 5.88 Å². The number of nitrogens with one attached hydrogen (secondary N) is 1. The van der Waals surface area contributed by atoms with Crippen LogP contribution in [0.2, 0.25) is 0 Å². The summed E-state index contributed by atoms with van der Waals surface area (Å²) in [5, 5.41) is 6.75. The summed E-state index contributed by atoms with van der Waals surface area (Å²) in [4.78, 5) is 6.53. The number of hydrogen-bond acceptors (Lipinski definition) is 7. The van der Waals surface area contributed by atoms with E-state index in [-0.39, 0.29) is 11.9 Å². The second-order valence-electron chi connectivity index (χ2n) is 8.91. The molecule has 0 spiro atoms. The van der Waals surface area contributed by atoms with Gasteiger partial charge in [-0.1, -0.05) is 0 Å². The number of halogens is 1. The number of methoxy groups -OCH3 is 1. The summed E-state index contributed by atoms with van der Waals surface area (Å²) in [5.41, 5.74) is 7.75. The molecule has 1 N–H and O–H groups in total. The van der Waals surface area contributed by atoms with E-state index in [1.807, 2.05) is 6.20 Å². The molecule has 172 valence electrons. The molecule has 0 aliphatic carbocycles. The van der Waals surface area contributed by atoms with Gasteiger partial charge in [-0.3, -0.25) is 9.69 Å². The summed E-state index contributed by atoms with van der Waals surface area (Å²) in [5.74, 6) is 0.216. The smallest absolute Gasteiger partial charge is 0.250 e. The molecule has 1 unspecified atom stereocenters. The lowest BCUT2D eigenvalue weighted by Gasteiger charge is -2.28. The Bertz CT molecular complexity index is 985. The summed E-state index contributed by atoms with van der Waals surface area (Å²) < 4.78 is 27.2. The number of hydrazine groups is 1. The highest BCUT2D eigenvalue weighted by Gasteiger charge is 2.35. The minimum Gasteiger partial charge on any atom is -0.479 e. The molecule has 5 heterocycles. The Hall–Kier alpha value is -2.49. The number of ether oxygens (including phenoxy) is 2. The Labute approximate surface area is 188 Å². The molecule has 0 saturated carbocycles. The number of nitrogens with zero attached hydrogens (tertiary/aromatic N) is 5. The van der Waals surface area contributed by atoms with Crippen LogP contribution in [-0.2, 0) is 11.3 Å². The average Bonchev–Trinajstić information content (AvgIpc) is 3.32. The second kappa shape index (κ2) is 9.17. The highest BCUT2D eigenvalue weighted by atomic mass is 19.1. The molecule has 1 atom stereocenters. The van der Waals surface area contributed by atoms with E-state index in [2.05, 4.69) is 43.3 Å². The first-order valence-electron chi connectivity index (χ1n) is 11.4. The topological polar surface area (TPSA) is 67.7 Å². The van der Waals surface area contributed by atoms with Gasteiger partial charge in [-0.05, 0) is 62.5 Å². The molecule has 9 heteroatoms. The van der Waals surface area contributed by atoms with Gasteiger partial charge in [0.25, 0.3) is 0 Å². The van der Waals surface area contributed by atoms with Gasteiger partial charge in [0.15, 0.2) is 5.82 Å². The van der Waals surface area contributed by atoms with Gasteiger partial charge in [0, 0.05) is 24.9 Å². The number of rotatable bonds is 5. The van der Waals surface area contributed by atoms with Crippen molar-refractivity contribution >= 4 is 5.69 Å². The van der Waals surface area contributed by atoms with Crippen LogP contribution in [0.5, 0.6) is 5.88 Å². The molecule has 3 aliphatic rings. The number of hydrogen-bond donors (Lipinski definition) is 1. The molecule has 2 aromatic rings. The minimum absolute atomic E-state index is 0.0113. The van der Waals surface area contributed by atoms with Crippen molar-refractivity contribution in [3.05, 3.63) is 47.3 Å². The lowest BCUT2D eigenvalue weighted by Crippen LogP contribution is -2.34. The van der Waals surface area contributed by atoms with Crippen LogP contribution in [0.3, 0.4) is 0 Å². The second-order valence-corrected chi connectivity index (χ2v) is 8.91. The van der Waals surface area contributed by atoms with E-state index < -0.39 is 5.82 Å². The highest BCUT2D eigenvalue weighted by Crippen LogP contribution is 2.39. The number of piperidine rings is 1. The predicted octanol–water partition coefficient (Wildman–Crippen LogP) is 2.90. The van der Waals surface area contributed by atoms with Crippen LogP contribution in [0.15, 0.2) is 35.9 Å². The summed E-state index contributed by atoms with van der Waals surface area (Å²) in [6.45, 7) is 4.57. The molecule has 0 radical (unpaired) electrons. The van der Waals surface area contributed by atoms with E-state index in [9.17, 15) is 4.39 Å². The number of anilines is 1. The predicted molar refractivity (Wildman–Crippen MR) is 119 cm³/mol. The molecular weight excluding hydrogens is 411 g/mol. The molecule has 1 fully saturated rings. The van der Waals surface area contributed by atoms with Gasteiger partial charge in [0.05, 0.1) is 44.4 Å². The van der Waals surface area contributed by atoms with Gasteiger partial charge >= 0.3 is 0 Å². The van der Waals surface area contributed by atoms with Crippen LogP contribution < -0.4 is 15.2 Å². The maximum atomic E-state index is 14.4. The van der Waals surface area contributed by atoms with Crippen molar-refractivity contribution in [1.29, 1.82) is 0 Å². The van der Waals surface area contributed by atoms with Gasteiger partial charge in [0.1, 0.15) is 0 Å². The van der Waals surface area contributed by atoms with Crippen molar-refractivity contribution < 1.29 is 13.9 Å². The van der Waals surface area contributed by atoms with E-state index in [0.717, 1.165) is 43.7 Å². The fourth-order valence-corrected chi connectivity index (χ4v) is 4.94.